The van der Waals surface area contributed by atoms with E-state index in [4.69, 9.17) is 0 Å². The fourth-order valence-corrected chi connectivity index (χ4v) is 10.8. The van der Waals surface area contributed by atoms with Crippen molar-refractivity contribution in [3.05, 3.63) is 207 Å². The average molecular weight is 1020 g/mol. The minimum atomic E-state index is -7.22. The number of halogens is 20. The Balaban J connectivity index is 0.000000242. The third-order valence-corrected chi connectivity index (χ3v) is 14.1. The van der Waals surface area contributed by atoms with Crippen LogP contribution in [0.25, 0.3) is 0 Å². The minimum Gasteiger partial charge on any atom is -0.207 e. The molecule has 0 saturated heterocycles. The molecule has 1 fully saturated rings. The summed E-state index contributed by atoms with van der Waals surface area (Å²) in [4.78, 5) is 4.19. The Morgan fingerprint density at radius 2 is 0.500 bits per heavy atom. The SMILES string of the molecule is Fc1c(F)c(F)c([B-](c2c(F)c(F)c(F)c(F)c2F)(c2c(F)c(F)c(F)c(F)c2F)c2c(F)c(F)c(F)c(F)c2F)c(F)c1F.c1ccc([S+](c2ccccc2)c2ccc(C3CCCCC3)cc2)cc1. The highest BCUT2D eigenvalue weighted by Gasteiger charge is 2.52. The third-order valence-electron chi connectivity index (χ3n) is 11.9. The molecule has 1 aliphatic rings. The summed E-state index contributed by atoms with van der Waals surface area (Å²) in [6, 6.07) is 31.3. The van der Waals surface area contributed by atoms with Gasteiger partial charge in [-0.2, -0.15) is 0 Å². The normalized spacial score (nSPS) is 13.2. The first-order valence-electron chi connectivity index (χ1n) is 20.3. The summed E-state index contributed by atoms with van der Waals surface area (Å²) in [5.41, 5.74) is -12.8. The van der Waals surface area contributed by atoms with Crippen LogP contribution in [0, 0.1) is 116 Å². The van der Waals surface area contributed by atoms with Crippen molar-refractivity contribution in [2.24, 2.45) is 0 Å². The lowest BCUT2D eigenvalue weighted by Gasteiger charge is -2.44. The van der Waals surface area contributed by atoms with Crippen LogP contribution in [-0.4, -0.2) is 6.15 Å². The van der Waals surface area contributed by atoms with Crippen LogP contribution in [0.3, 0.4) is 0 Å². The second-order valence-electron chi connectivity index (χ2n) is 15.6. The Labute approximate surface area is 385 Å². The third kappa shape index (κ3) is 8.44. The molecule has 0 aromatic heterocycles. The zero-order chi connectivity index (χ0) is 51.3. The van der Waals surface area contributed by atoms with Gasteiger partial charge in [0.1, 0.15) is 52.7 Å². The molecule has 70 heavy (non-hydrogen) atoms. The molecule has 7 aromatic rings. The maximum Gasteiger partial charge on any atom is 0.200 e. The zero-order valence-corrected chi connectivity index (χ0v) is 35.6. The van der Waals surface area contributed by atoms with Gasteiger partial charge in [0.2, 0.25) is 0 Å². The van der Waals surface area contributed by atoms with E-state index in [2.05, 4.69) is 84.9 Å². The number of hydrogen-bond donors (Lipinski definition) is 0. The van der Waals surface area contributed by atoms with E-state index < -0.39 is 144 Å². The van der Waals surface area contributed by atoms with Crippen LogP contribution in [0.5, 0.6) is 0 Å². The fraction of sp³-hybridized carbons (Fsp3) is 0.125. The van der Waals surface area contributed by atoms with E-state index in [1.54, 1.807) is 0 Å². The molecular weight excluding hydrogens is 999 g/mol. The summed E-state index contributed by atoms with van der Waals surface area (Å²) >= 11 is 0. The van der Waals surface area contributed by atoms with E-state index in [9.17, 15) is 52.7 Å². The Bertz CT molecular complexity index is 2710. The van der Waals surface area contributed by atoms with Crippen LogP contribution in [0.4, 0.5) is 87.8 Å². The van der Waals surface area contributed by atoms with E-state index >= 15 is 35.1 Å². The van der Waals surface area contributed by atoms with Crippen molar-refractivity contribution in [2.75, 3.05) is 0 Å². The summed E-state index contributed by atoms with van der Waals surface area (Å²) in [5.74, 6) is -70.6. The van der Waals surface area contributed by atoms with Gasteiger partial charge < -0.3 is 0 Å². The predicted octanol–water partition coefficient (Wildman–Crippen LogP) is 12.7. The lowest BCUT2D eigenvalue weighted by molar-refractivity contribution is 0.378. The molecule has 1 saturated carbocycles. The predicted molar refractivity (Wildman–Crippen MR) is 217 cm³/mol. The largest absolute Gasteiger partial charge is 0.207 e. The molecular formula is C48H25BF20S. The van der Waals surface area contributed by atoms with Crippen molar-refractivity contribution in [3.63, 3.8) is 0 Å². The molecule has 1 aliphatic carbocycles. The molecule has 0 amide bonds. The molecule has 0 bridgehead atoms. The second-order valence-corrected chi connectivity index (χ2v) is 17.7. The van der Waals surface area contributed by atoms with Crippen molar-refractivity contribution in [3.8, 4) is 0 Å². The smallest absolute Gasteiger partial charge is 0.200 e. The summed E-state index contributed by atoms with van der Waals surface area (Å²) in [6.07, 6.45) is -0.286. The average Bonchev–Trinajstić information content (AvgIpc) is 3.37. The van der Waals surface area contributed by atoms with Gasteiger partial charge in [0.05, 0.1) is 10.9 Å². The fourth-order valence-electron chi connectivity index (χ4n) is 8.71. The summed E-state index contributed by atoms with van der Waals surface area (Å²) < 4.78 is 294. The standard InChI is InChI=1S/C24BF20.C24H25S/c26-5-1(6(27)14(35)21(42)13(5)34)25(2-7(28)15(36)22(43)16(37)8(2)29,3-9(30)17(38)23(44)18(39)10(3)31)4-11(32)19(40)24(45)20(41)12(4)33;1-4-10-20(11-5-1)21-16-18-24(19-17-21)25(22-12-6-2-7-13-22)23-14-8-3-9-15-23/h;2-3,6-9,12-20H,1,4-5,10-11H2/q-1;+1. The Morgan fingerprint density at radius 1 is 0.271 bits per heavy atom. The second kappa shape index (κ2) is 20.1. The lowest BCUT2D eigenvalue weighted by Crippen LogP contribution is -2.81. The summed E-state index contributed by atoms with van der Waals surface area (Å²) in [7, 11) is -0.0278. The number of benzene rings is 7. The van der Waals surface area contributed by atoms with E-state index in [0.717, 1.165) is 5.92 Å². The van der Waals surface area contributed by atoms with Crippen LogP contribution in [0.2, 0.25) is 0 Å². The quantitative estimate of drug-likeness (QED) is 0.0468. The number of rotatable bonds is 8. The van der Waals surface area contributed by atoms with Crippen LogP contribution in [0.1, 0.15) is 43.6 Å². The first-order chi connectivity index (χ1) is 33.1. The highest BCUT2D eigenvalue weighted by atomic mass is 32.2. The minimum absolute atomic E-state index is 0.0278. The molecule has 366 valence electrons. The van der Waals surface area contributed by atoms with E-state index in [0.29, 0.717) is 0 Å². The highest BCUT2D eigenvalue weighted by molar-refractivity contribution is 7.97. The summed E-state index contributed by atoms with van der Waals surface area (Å²) in [5, 5.41) is 0. The maximum absolute atomic E-state index is 15.4. The van der Waals surface area contributed by atoms with E-state index in [1.807, 2.05) is 0 Å². The van der Waals surface area contributed by atoms with Gasteiger partial charge in [-0.15, -0.1) is 21.9 Å². The van der Waals surface area contributed by atoms with Gasteiger partial charge in [-0.05, 0) is 60.7 Å². The molecule has 0 spiro atoms. The van der Waals surface area contributed by atoms with Crippen molar-refractivity contribution in [1.29, 1.82) is 0 Å². The summed E-state index contributed by atoms with van der Waals surface area (Å²) in [6.45, 7) is 0. The number of hydrogen-bond acceptors (Lipinski definition) is 0. The first kappa shape index (κ1) is 51.4. The van der Waals surface area contributed by atoms with Crippen LogP contribution < -0.4 is 21.9 Å². The monoisotopic (exact) mass is 1020 g/mol. The van der Waals surface area contributed by atoms with Gasteiger partial charge in [-0.3, -0.25) is 0 Å². The maximum atomic E-state index is 15.4. The molecule has 8 rings (SSSR count). The highest BCUT2D eigenvalue weighted by Crippen LogP contribution is 2.36. The molecule has 0 unspecified atom stereocenters. The van der Waals surface area contributed by atoms with E-state index in [1.165, 1.54) is 52.4 Å². The van der Waals surface area contributed by atoms with E-state index in [-0.39, 0.29) is 10.9 Å². The molecule has 0 atom stereocenters. The van der Waals surface area contributed by atoms with Gasteiger partial charge in [-0.1, -0.05) is 67.8 Å². The van der Waals surface area contributed by atoms with Crippen LogP contribution in [-0.2, 0) is 10.9 Å². The Morgan fingerprint density at radius 3 is 0.757 bits per heavy atom. The zero-order valence-electron chi connectivity index (χ0n) is 34.7. The molecule has 7 aromatic carbocycles. The molecule has 0 heterocycles. The topological polar surface area (TPSA) is 0 Å². The van der Waals surface area contributed by atoms with Gasteiger partial charge in [0.25, 0.3) is 0 Å². The van der Waals surface area contributed by atoms with Gasteiger partial charge in [-0.25, -0.2) is 87.8 Å². The molecule has 0 radical (unpaired) electrons. The first-order valence-corrected chi connectivity index (χ1v) is 21.5. The molecule has 0 N–H and O–H groups in total. The lowest BCUT2D eigenvalue weighted by atomic mass is 9.12. The van der Waals surface area contributed by atoms with Gasteiger partial charge >= 0.3 is 0 Å². The van der Waals surface area contributed by atoms with Crippen molar-refractivity contribution in [1.82, 2.24) is 0 Å². The Hall–Kier alpha value is -6.45. The molecule has 0 aliphatic heterocycles. The Kier molecular flexibility index (Phi) is 14.8. The van der Waals surface area contributed by atoms with Crippen molar-refractivity contribution >= 4 is 38.9 Å². The molecule has 22 heteroatoms. The van der Waals surface area contributed by atoms with Crippen LogP contribution in [0.15, 0.2) is 99.6 Å². The molecule has 0 nitrogen and oxygen atoms in total. The van der Waals surface area contributed by atoms with Crippen molar-refractivity contribution in [2.45, 2.75) is 52.7 Å². The van der Waals surface area contributed by atoms with Crippen LogP contribution >= 0.6 is 0 Å². The van der Waals surface area contributed by atoms with Crippen molar-refractivity contribution < 1.29 is 87.8 Å². The van der Waals surface area contributed by atoms with Gasteiger partial charge in [0, 0.05) is 0 Å². The van der Waals surface area contributed by atoms with Gasteiger partial charge in [0.15, 0.2) is 84.5 Å².